The van der Waals surface area contributed by atoms with Crippen molar-refractivity contribution in [1.29, 1.82) is 0 Å². The molecule has 2 aromatic carbocycles. The predicted molar refractivity (Wildman–Crippen MR) is 149 cm³/mol. The number of amides is 1. The van der Waals surface area contributed by atoms with Crippen LogP contribution in [0.5, 0.6) is 5.75 Å². The van der Waals surface area contributed by atoms with Crippen LogP contribution in [0, 0.1) is 0 Å². The van der Waals surface area contributed by atoms with Crippen LogP contribution >= 0.6 is 0 Å². The fraction of sp³-hybridized carbons (Fsp3) is 0.467. The molecule has 0 radical (unpaired) electrons. The van der Waals surface area contributed by atoms with E-state index in [0.29, 0.717) is 69.4 Å². The SMILES string of the molecule is COCCOc1cccc(Cn2c(C(=O)N3CCNCC3)c(-c3ccccc3)n(C3CCCC[C@H]3O)c2=O)c1. The summed E-state index contributed by atoms with van der Waals surface area (Å²) in [6.45, 7) is 3.66. The average molecular weight is 535 g/mol. The Kier molecular flexibility index (Phi) is 8.81. The van der Waals surface area contributed by atoms with E-state index in [0.717, 1.165) is 24.0 Å². The first-order valence-corrected chi connectivity index (χ1v) is 13.9. The molecule has 0 bridgehead atoms. The van der Waals surface area contributed by atoms with Crippen molar-refractivity contribution in [3.05, 3.63) is 76.3 Å². The fourth-order valence-corrected chi connectivity index (χ4v) is 5.68. The number of nitrogens with one attached hydrogen (secondary N) is 1. The zero-order chi connectivity index (χ0) is 27.2. The van der Waals surface area contributed by atoms with Crippen molar-refractivity contribution in [3.63, 3.8) is 0 Å². The van der Waals surface area contributed by atoms with Crippen LogP contribution in [-0.2, 0) is 11.3 Å². The summed E-state index contributed by atoms with van der Waals surface area (Å²) < 4.78 is 14.2. The molecule has 1 saturated carbocycles. The highest BCUT2D eigenvalue weighted by atomic mass is 16.5. The minimum absolute atomic E-state index is 0.163. The van der Waals surface area contributed by atoms with Crippen LogP contribution in [0.25, 0.3) is 11.3 Å². The van der Waals surface area contributed by atoms with E-state index in [1.54, 1.807) is 16.2 Å². The first-order chi connectivity index (χ1) is 19.1. The van der Waals surface area contributed by atoms with Gasteiger partial charge in [-0.05, 0) is 30.5 Å². The summed E-state index contributed by atoms with van der Waals surface area (Å²) in [6, 6.07) is 16.8. The summed E-state index contributed by atoms with van der Waals surface area (Å²) in [5, 5.41) is 14.3. The Balaban J connectivity index is 1.65. The van der Waals surface area contributed by atoms with Crippen LogP contribution in [0.3, 0.4) is 0 Å². The van der Waals surface area contributed by atoms with Crippen LogP contribution in [0.1, 0.15) is 47.8 Å². The van der Waals surface area contributed by atoms with Crippen molar-refractivity contribution >= 4 is 5.91 Å². The topological polar surface area (TPSA) is 98.0 Å². The van der Waals surface area contributed by atoms with Gasteiger partial charge in [-0.3, -0.25) is 13.9 Å². The molecule has 208 valence electrons. The molecule has 0 spiro atoms. The number of aliphatic hydroxyl groups is 1. The Morgan fingerprint density at radius 3 is 2.54 bits per heavy atom. The summed E-state index contributed by atoms with van der Waals surface area (Å²) in [4.78, 5) is 30.3. The molecule has 1 aromatic heterocycles. The number of hydrogen-bond acceptors (Lipinski definition) is 6. The molecule has 2 atom stereocenters. The second kappa shape index (κ2) is 12.6. The van der Waals surface area contributed by atoms with Crippen molar-refractivity contribution in [2.75, 3.05) is 46.5 Å². The van der Waals surface area contributed by atoms with Crippen LogP contribution in [-0.4, -0.2) is 77.7 Å². The van der Waals surface area contributed by atoms with Gasteiger partial charge in [-0.2, -0.15) is 0 Å². The number of nitrogens with zero attached hydrogens (tertiary/aromatic N) is 3. The summed E-state index contributed by atoms with van der Waals surface area (Å²) in [5.41, 5.74) is 2.33. The van der Waals surface area contributed by atoms with Crippen molar-refractivity contribution in [3.8, 4) is 17.0 Å². The fourth-order valence-electron chi connectivity index (χ4n) is 5.68. The summed E-state index contributed by atoms with van der Waals surface area (Å²) >= 11 is 0. The highest BCUT2D eigenvalue weighted by Crippen LogP contribution is 2.34. The van der Waals surface area contributed by atoms with Gasteiger partial charge in [-0.1, -0.05) is 55.3 Å². The minimum Gasteiger partial charge on any atom is -0.491 e. The standard InChI is InChI=1S/C30H38N4O5/c1-38-18-19-39-24-11-7-8-22(20-24)21-33-28(29(36)32-16-14-31-15-17-32)27(23-9-3-2-4-10-23)34(30(33)37)25-12-5-6-13-26(25)35/h2-4,7-11,20,25-26,31,35H,5-6,12-19,21H2,1H3/t25?,26-/m1/s1. The van der Waals surface area contributed by atoms with Gasteiger partial charge in [0.05, 0.1) is 31.0 Å². The molecule has 2 fully saturated rings. The molecule has 2 N–H and O–H groups in total. The first kappa shape index (κ1) is 27.2. The molecule has 1 aliphatic carbocycles. The number of aromatic nitrogens is 2. The number of ether oxygens (including phenoxy) is 2. The second-order valence-electron chi connectivity index (χ2n) is 10.3. The molecule has 1 aliphatic heterocycles. The molecule has 1 saturated heterocycles. The number of imidazole rings is 1. The van der Waals surface area contributed by atoms with E-state index in [1.165, 1.54) is 0 Å². The van der Waals surface area contributed by atoms with E-state index in [9.17, 15) is 14.7 Å². The maximum absolute atomic E-state index is 14.3. The molecule has 39 heavy (non-hydrogen) atoms. The van der Waals surface area contributed by atoms with Gasteiger partial charge in [0.2, 0.25) is 0 Å². The molecule has 1 amide bonds. The molecule has 3 aromatic rings. The Morgan fingerprint density at radius 2 is 1.79 bits per heavy atom. The Labute approximate surface area is 229 Å². The summed E-state index contributed by atoms with van der Waals surface area (Å²) in [5.74, 6) is 0.516. The second-order valence-corrected chi connectivity index (χ2v) is 10.3. The predicted octanol–water partition coefficient (Wildman–Crippen LogP) is 2.91. The number of rotatable bonds is 9. The number of hydrogen-bond donors (Lipinski definition) is 2. The number of methoxy groups -OCH3 is 1. The summed E-state index contributed by atoms with van der Waals surface area (Å²) in [7, 11) is 1.63. The third-order valence-electron chi connectivity index (χ3n) is 7.65. The molecular weight excluding hydrogens is 496 g/mol. The van der Waals surface area contributed by atoms with Gasteiger partial charge in [0.25, 0.3) is 5.91 Å². The molecule has 2 heterocycles. The molecular formula is C30H38N4O5. The molecule has 5 rings (SSSR count). The third kappa shape index (κ3) is 5.95. The smallest absolute Gasteiger partial charge is 0.329 e. The van der Waals surface area contributed by atoms with Crippen LogP contribution in [0.15, 0.2) is 59.4 Å². The van der Waals surface area contributed by atoms with Gasteiger partial charge >= 0.3 is 5.69 Å². The number of carbonyl (C=O) groups is 1. The van der Waals surface area contributed by atoms with Crippen molar-refractivity contribution < 1.29 is 19.4 Å². The molecule has 2 aliphatic rings. The van der Waals surface area contributed by atoms with E-state index < -0.39 is 6.10 Å². The van der Waals surface area contributed by atoms with Crippen molar-refractivity contribution in [2.45, 2.75) is 44.4 Å². The Morgan fingerprint density at radius 1 is 1.03 bits per heavy atom. The largest absolute Gasteiger partial charge is 0.491 e. The average Bonchev–Trinajstić information content (AvgIpc) is 3.25. The van der Waals surface area contributed by atoms with Crippen LogP contribution in [0.4, 0.5) is 0 Å². The number of benzene rings is 2. The Hall–Kier alpha value is -3.40. The van der Waals surface area contributed by atoms with Crippen LogP contribution < -0.4 is 15.7 Å². The van der Waals surface area contributed by atoms with Gasteiger partial charge in [0, 0.05) is 38.9 Å². The maximum Gasteiger partial charge on any atom is 0.329 e. The van der Waals surface area contributed by atoms with Gasteiger partial charge in [-0.25, -0.2) is 4.79 Å². The minimum atomic E-state index is -0.644. The molecule has 9 heteroatoms. The van der Waals surface area contributed by atoms with Gasteiger partial charge in [0.15, 0.2) is 0 Å². The monoisotopic (exact) mass is 534 g/mol. The normalized spacial score (nSPS) is 19.7. The van der Waals surface area contributed by atoms with Gasteiger partial charge in [-0.15, -0.1) is 0 Å². The molecule has 1 unspecified atom stereocenters. The van der Waals surface area contributed by atoms with Gasteiger partial charge in [0.1, 0.15) is 18.1 Å². The lowest BCUT2D eigenvalue weighted by Crippen LogP contribution is -2.47. The lowest BCUT2D eigenvalue weighted by molar-refractivity contribution is 0.0719. The van der Waals surface area contributed by atoms with E-state index >= 15 is 0 Å². The number of aliphatic hydroxyl groups excluding tert-OH is 1. The highest BCUT2D eigenvalue weighted by Gasteiger charge is 2.35. The third-order valence-corrected chi connectivity index (χ3v) is 7.65. The number of carbonyl (C=O) groups excluding carboxylic acids is 1. The van der Waals surface area contributed by atoms with E-state index in [4.69, 9.17) is 9.47 Å². The van der Waals surface area contributed by atoms with E-state index in [-0.39, 0.29) is 24.2 Å². The Bertz CT molecular complexity index is 1310. The van der Waals surface area contributed by atoms with Crippen molar-refractivity contribution in [2.24, 2.45) is 0 Å². The quantitative estimate of drug-likeness (QED) is 0.410. The zero-order valence-electron chi connectivity index (χ0n) is 22.6. The number of piperazine rings is 1. The lowest BCUT2D eigenvalue weighted by Gasteiger charge is -2.30. The van der Waals surface area contributed by atoms with Gasteiger partial charge < -0.3 is 24.8 Å². The lowest BCUT2D eigenvalue weighted by atomic mass is 9.92. The summed E-state index contributed by atoms with van der Waals surface area (Å²) in [6.07, 6.45) is 2.54. The van der Waals surface area contributed by atoms with E-state index in [2.05, 4.69) is 5.32 Å². The zero-order valence-corrected chi connectivity index (χ0v) is 22.6. The molecule has 9 nitrogen and oxygen atoms in total. The highest BCUT2D eigenvalue weighted by molar-refractivity contribution is 5.99. The maximum atomic E-state index is 14.3. The first-order valence-electron chi connectivity index (χ1n) is 13.9. The van der Waals surface area contributed by atoms with Crippen LogP contribution in [0.2, 0.25) is 0 Å². The van der Waals surface area contributed by atoms with Crippen molar-refractivity contribution in [1.82, 2.24) is 19.4 Å². The van der Waals surface area contributed by atoms with E-state index in [1.807, 2.05) is 59.5 Å².